The molecule has 128 valence electrons. The van der Waals surface area contributed by atoms with Crippen molar-refractivity contribution in [3.63, 3.8) is 0 Å². The number of hydrogen-bond donors (Lipinski definition) is 1. The quantitative estimate of drug-likeness (QED) is 0.871. The number of ether oxygens (including phenoxy) is 1. The van der Waals surface area contributed by atoms with E-state index >= 15 is 0 Å². The third-order valence-corrected chi connectivity index (χ3v) is 4.93. The number of carbonyl (C=O) groups is 1. The Morgan fingerprint density at radius 1 is 1.50 bits per heavy atom. The van der Waals surface area contributed by atoms with Gasteiger partial charge in [-0.1, -0.05) is 12.1 Å². The number of aromatic nitrogens is 1. The van der Waals surface area contributed by atoms with Crippen LogP contribution in [0, 0.1) is 11.7 Å². The Balaban J connectivity index is 1.52. The zero-order valence-electron chi connectivity index (χ0n) is 13.5. The first-order chi connectivity index (χ1) is 11.7. The molecule has 1 saturated heterocycles. The summed E-state index contributed by atoms with van der Waals surface area (Å²) < 4.78 is 18.9. The molecule has 7 heteroatoms. The summed E-state index contributed by atoms with van der Waals surface area (Å²) in [5, 5.41) is 5.75. The van der Waals surface area contributed by atoms with E-state index in [9.17, 15) is 9.18 Å². The molecule has 5 nitrogen and oxygen atoms in total. The maximum Gasteiger partial charge on any atom is 0.225 e. The van der Waals surface area contributed by atoms with Crippen molar-refractivity contribution in [1.29, 1.82) is 0 Å². The Morgan fingerprint density at radius 2 is 2.33 bits per heavy atom. The molecule has 2 heterocycles. The summed E-state index contributed by atoms with van der Waals surface area (Å²) in [5.41, 5.74) is 1.40. The van der Waals surface area contributed by atoms with Gasteiger partial charge in [-0.3, -0.25) is 4.79 Å². The van der Waals surface area contributed by atoms with Gasteiger partial charge in [0, 0.05) is 25.6 Å². The number of rotatable bonds is 6. The molecule has 0 spiro atoms. The van der Waals surface area contributed by atoms with Gasteiger partial charge < -0.3 is 15.0 Å². The number of nitrogens with one attached hydrogen (secondary N) is 1. The van der Waals surface area contributed by atoms with E-state index in [1.165, 1.54) is 17.4 Å². The summed E-state index contributed by atoms with van der Waals surface area (Å²) >= 11 is 1.52. The minimum absolute atomic E-state index is 0.00451. The van der Waals surface area contributed by atoms with Crippen molar-refractivity contribution in [2.75, 3.05) is 25.1 Å². The first-order valence-electron chi connectivity index (χ1n) is 7.86. The second-order valence-corrected chi connectivity index (χ2v) is 6.71. The van der Waals surface area contributed by atoms with E-state index in [4.69, 9.17) is 4.74 Å². The van der Waals surface area contributed by atoms with Crippen molar-refractivity contribution >= 4 is 22.9 Å². The number of methoxy groups -OCH3 is 1. The monoisotopic (exact) mass is 349 g/mol. The number of halogens is 1. The SMILES string of the molecule is COCc1nc(CNC(=O)C2CCN(c3ccccc3F)C2)cs1. The average molecular weight is 349 g/mol. The van der Waals surface area contributed by atoms with Crippen LogP contribution in [-0.4, -0.2) is 31.1 Å². The molecule has 0 radical (unpaired) electrons. The Hall–Kier alpha value is -1.99. The zero-order valence-corrected chi connectivity index (χ0v) is 14.3. The van der Waals surface area contributed by atoms with Crippen LogP contribution in [0.3, 0.4) is 0 Å². The highest BCUT2D eigenvalue weighted by Gasteiger charge is 2.29. The highest BCUT2D eigenvalue weighted by molar-refractivity contribution is 7.09. The van der Waals surface area contributed by atoms with Crippen LogP contribution in [0.1, 0.15) is 17.1 Å². The number of carbonyl (C=O) groups excluding carboxylic acids is 1. The summed E-state index contributed by atoms with van der Waals surface area (Å²) in [4.78, 5) is 18.7. The second kappa shape index (κ2) is 7.72. The number of nitrogens with zero attached hydrogens (tertiary/aromatic N) is 2. The maximum atomic E-state index is 13.8. The van der Waals surface area contributed by atoms with Crippen LogP contribution in [0.2, 0.25) is 0 Å². The van der Waals surface area contributed by atoms with Crippen molar-refractivity contribution in [2.24, 2.45) is 5.92 Å². The normalized spacial score (nSPS) is 17.2. The van der Waals surface area contributed by atoms with Crippen molar-refractivity contribution in [2.45, 2.75) is 19.6 Å². The van der Waals surface area contributed by atoms with E-state index < -0.39 is 0 Å². The zero-order chi connectivity index (χ0) is 16.9. The van der Waals surface area contributed by atoms with E-state index in [0.717, 1.165) is 17.1 Å². The van der Waals surface area contributed by atoms with Crippen LogP contribution >= 0.6 is 11.3 Å². The number of hydrogen-bond acceptors (Lipinski definition) is 5. The summed E-state index contributed by atoms with van der Waals surface area (Å²) in [5.74, 6) is -0.372. The van der Waals surface area contributed by atoms with E-state index in [-0.39, 0.29) is 17.6 Å². The van der Waals surface area contributed by atoms with E-state index in [0.29, 0.717) is 31.9 Å². The number of para-hydroxylation sites is 1. The lowest BCUT2D eigenvalue weighted by Crippen LogP contribution is -2.32. The standard InChI is InChI=1S/C17H20FN3O2S/c1-23-10-16-20-13(11-24-16)8-19-17(22)12-6-7-21(9-12)15-5-3-2-4-14(15)18/h2-5,11-12H,6-10H2,1H3,(H,19,22). The van der Waals surface area contributed by atoms with Crippen molar-refractivity contribution < 1.29 is 13.9 Å². The molecule has 1 aliphatic rings. The Bertz CT molecular complexity index is 707. The molecule has 3 rings (SSSR count). The fourth-order valence-corrected chi connectivity index (χ4v) is 3.61. The third-order valence-electron chi connectivity index (χ3n) is 4.06. The molecule has 0 saturated carbocycles. The molecule has 0 aliphatic carbocycles. The largest absolute Gasteiger partial charge is 0.378 e. The minimum atomic E-state index is -0.244. The smallest absolute Gasteiger partial charge is 0.225 e. The van der Waals surface area contributed by atoms with Crippen molar-refractivity contribution in [3.8, 4) is 0 Å². The summed E-state index contributed by atoms with van der Waals surface area (Å²) in [7, 11) is 1.63. The number of benzene rings is 1. The van der Waals surface area contributed by atoms with Crippen LogP contribution in [0.15, 0.2) is 29.6 Å². The van der Waals surface area contributed by atoms with E-state index in [2.05, 4.69) is 10.3 Å². The number of thiazole rings is 1. The molecule has 1 fully saturated rings. The molecule has 1 unspecified atom stereocenters. The molecule has 0 bridgehead atoms. The van der Waals surface area contributed by atoms with Gasteiger partial charge in [-0.2, -0.15) is 0 Å². The molecule has 1 atom stereocenters. The van der Waals surface area contributed by atoms with Gasteiger partial charge in [0.25, 0.3) is 0 Å². The molecule has 2 aromatic rings. The summed E-state index contributed by atoms with van der Waals surface area (Å²) in [6.07, 6.45) is 0.728. The Labute approximate surface area is 144 Å². The van der Waals surface area contributed by atoms with Crippen molar-refractivity contribution in [1.82, 2.24) is 10.3 Å². The van der Waals surface area contributed by atoms with Crippen LogP contribution in [0.5, 0.6) is 0 Å². The summed E-state index contributed by atoms with van der Waals surface area (Å²) in [6.45, 7) is 2.13. The van der Waals surface area contributed by atoms with Gasteiger partial charge in [-0.05, 0) is 18.6 Å². The molecular formula is C17H20FN3O2S. The number of anilines is 1. The highest BCUT2D eigenvalue weighted by Crippen LogP contribution is 2.26. The van der Waals surface area contributed by atoms with Gasteiger partial charge >= 0.3 is 0 Å². The van der Waals surface area contributed by atoms with Gasteiger partial charge in [-0.25, -0.2) is 9.37 Å². The molecule has 1 aliphatic heterocycles. The van der Waals surface area contributed by atoms with Crippen LogP contribution in [0.25, 0.3) is 0 Å². The molecular weight excluding hydrogens is 329 g/mol. The van der Waals surface area contributed by atoms with Gasteiger partial charge in [0.1, 0.15) is 10.8 Å². The van der Waals surface area contributed by atoms with Crippen molar-refractivity contribution in [3.05, 3.63) is 46.2 Å². The molecule has 1 N–H and O–H groups in total. The van der Waals surface area contributed by atoms with Gasteiger partial charge in [0.05, 0.1) is 30.5 Å². The lowest BCUT2D eigenvalue weighted by molar-refractivity contribution is -0.124. The maximum absolute atomic E-state index is 13.8. The lowest BCUT2D eigenvalue weighted by Gasteiger charge is -2.19. The molecule has 1 aromatic heterocycles. The first-order valence-corrected chi connectivity index (χ1v) is 8.74. The fraction of sp³-hybridized carbons (Fsp3) is 0.412. The number of amides is 1. The summed E-state index contributed by atoms with van der Waals surface area (Å²) in [6, 6.07) is 6.68. The first kappa shape index (κ1) is 16.9. The van der Waals surface area contributed by atoms with Crippen LogP contribution in [-0.2, 0) is 22.7 Å². The van der Waals surface area contributed by atoms with Crippen LogP contribution in [0.4, 0.5) is 10.1 Å². The topological polar surface area (TPSA) is 54.5 Å². The molecule has 1 aromatic carbocycles. The third kappa shape index (κ3) is 3.91. The predicted molar refractivity (Wildman–Crippen MR) is 91.4 cm³/mol. The highest BCUT2D eigenvalue weighted by atomic mass is 32.1. The van der Waals surface area contributed by atoms with Gasteiger partial charge in [0.2, 0.25) is 5.91 Å². The molecule has 24 heavy (non-hydrogen) atoms. The minimum Gasteiger partial charge on any atom is -0.378 e. The lowest BCUT2D eigenvalue weighted by atomic mass is 10.1. The Kier molecular flexibility index (Phi) is 5.42. The fourth-order valence-electron chi connectivity index (χ4n) is 2.84. The molecule has 1 amide bonds. The van der Waals surface area contributed by atoms with Crippen LogP contribution < -0.4 is 10.2 Å². The van der Waals surface area contributed by atoms with E-state index in [1.54, 1.807) is 19.2 Å². The Morgan fingerprint density at radius 3 is 3.12 bits per heavy atom. The second-order valence-electron chi connectivity index (χ2n) is 5.77. The van der Waals surface area contributed by atoms with Gasteiger partial charge in [-0.15, -0.1) is 11.3 Å². The average Bonchev–Trinajstić information content (AvgIpc) is 3.23. The predicted octanol–water partition coefficient (Wildman–Crippen LogP) is 2.57. The van der Waals surface area contributed by atoms with Gasteiger partial charge in [0.15, 0.2) is 0 Å². The van der Waals surface area contributed by atoms with E-state index in [1.807, 2.05) is 16.3 Å².